The summed E-state index contributed by atoms with van der Waals surface area (Å²) in [5.41, 5.74) is 10.2. The lowest BCUT2D eigenvalue weighted by atomic mass is 10.0. The maximum absolute atomic E-state index is 12.9. The highest BCUT2D eigenvalue weighted by molar-refractivity contribution is 6.04. The zero-order chi connectivity index (χ0) is 61.1. The molecule has 0 fully saturated rings. The van der Waals surface area contributed by atoms with E-state index in [1.54, 1.807) is 106 Å². The van der Waals surface area contributed by atoms with Crippen molar-refractivity contribution in [2.24, 2.45) is 0 Å². The number of methoxy groups -OCH3 is 1. The summed E-state index contributed by atoms with van der Waals surface area (Å²) in [5, 5.41) is 60.7. The van der Waals surface area contributed by atoms with E-state index in [0.29, 0.717) is 46.4 Å². The van der Waals surface area contributed by atoms with E-state index >= 15 is 0 Å². The van der Waals surface area contributed by atoms with E-state index in [2.05, 4.69) is 128 Å². The summed E-state index contributed by atoms with van der Waals surface area (Å²) < 4.78 is 13.3. The SMILES string of the molecule is COC(=O)c1cc(-c2cnn(C(C)C)c2)c(C)cn1.Cc1cnc(C(=O)Nc2cccc(-c3nnnn3[C@H](C)CO)n2)cc1-c1cnn(C(C)C)c1.Cc1cnc(C(=O)Nc2cccc(-c3nnnn3[C@H](C)CO)n2)cc1-c1cnn(C(C)C)c1. The first-order valence-corrected chi connectivity index (χ1v) is 27.2. The molecule has 85 heavy (non-hydrogen) atoms. The van der Waals surface area contributed by atoms with Gasteiger partial charge in [-0.2, -0.15) is 15.3 Å². The van der Waals surface area contributed by atoms with Crippen LogP contribution in [0.5, 0.6) is 0 Å². The number of nitrogens with one attached hydrogen (secondary N) is 2. The van der Waals surface area contributed by atoms with Crippen LogP contribution in [0, 0.1) is 20.8 Å². The minimum absolute atomic E-state index is 0.119. The molecule has 0 aromatic carbocycles. The van der Waals surface area contributed by atoms with Crippen molar-refractivity contribution >= 4 is 29.4 Å². The number of aromatic nitrogens is 19. The Balaban J connectivity index is 0.000000173. The number of tetrazole rings is 2. The zero-order valence-electron chi connectivity index (χ0n) is 49.2. The Hall–Kier alpha value is -10.1. The van der Waals surface area contributed by atoms with Gasteiger partial charge in [0.1, 0.15) is 40.1 Å². The Morgan fingerprint density at radius 2 is 0.871 bits per heavy atom. The molecule has 27 heteroatoms. The first-order valence-electron chi connectivity index (χ1n) is 27.2. The van der Waals surface area contributed by atoms with Crippen LogP contribution in [-0.4, -0.2) is 143 Å². The fourth-order valence-electron chi connectivity index (χ4n) is 8.34. The first-order chi connectivity index (χ1) is 40.8. The molecule has 0 bridgehead atoms. The maximum Gasteiger partial charge on any atom is 0.356 e. The number of esters is 1. The van der Waals surface area contributed by atoms with Gasteiger partial charge in [0.05, 0.1) is 51.0 Å². The van der Waals surface area contributed by atoms with Crippen LogP contribution in [0.4, 0.5) is 11.6 Å². The van der Waals surface area contributed by atoms with Gasteiger partial charge in [0.25, 0.3) is 11.8 Å². The van der Waals surface area contributed by atoms with E-state index < -0.39 is 5.97 Å². The summed E-state index contributed by atoms with van der Waals surface area (Å²) in [6, 6.07) is 15.7. The zero-order valence-corrected chi connectivity index (χ0v) is 49.2. The third kappa shape index (κ3) is 14.6. The lowest BCUT2D eigenvalue weighted by Gasteiger charge is -2.11. The number of carbonyl (C=O) groups is 3. The Bertz CT molecular complexity index is 3730. The predicted molar refractivity (Wildman–Crippen MR) is 315 cm³/mol. The van der Waals surface area contributed by atoms with E-state index in [4.69, 9.17) is 0 Å². The Labute approximate surface area is 489 Å². The third-order valence-corrected chi connectivity index (χ3v) is 13.3. The summed E-state index contributed by atoms with van der Waals surface area (Å²) in [7, 11) is 1.35. The molecule has 27 nitrogen and oxygen atoms in total. The minimum Gasteiger partial charge on any atom is -0.464 e. The molecule has 0 aliphatic rings. The average molecular weight is 1150 g/mol. The van der Waals surface area contributed by atoms with Crippen LogP contribution in [-0.2, 0) is 4.74 Å². The maximum atomic E-state index is 12.9. The van der Waals surface area contributed by atoms with Crippen LogP contribution >= 0.6 is 0 Å². The van der Waals surface area contributed by atoms with E-state index in [-0.39, 0.29) is 60.6 Å². The van der Waals surface area contributed by atoms with E-state index in [1.165, 1.54) is 16.5 Å². The van der Waals surface area contributed by atoms with Gasteiger partial charge >= 0.3 is 5.97 Å². The van der Waals surface area contributed by atoms with Gasteiger partial charge in [-0.05, 0) is 173 Å². The number of ether oxygens (including phenoxy) is 1. The Morgan fingerprint density at radius 1 is 0.518 bits per heavy atom. The average Bonchev–Trinajstić information content (AvgIpc) is 4.10. The molecular formula is C58H67N21O6. The van der Waals surface area contributed by atoms with Crippen molar-refractivity contribution in [1.82, 2.24) is 94.7 Å². The number of amides is 2. The minimum atomic E-state index is -0.433. The highest BCUT2D eigenvalue weighted by atomic mass is 16.5. The number of nitrogens with zero attached hydrogens (tertiary/aromatic N) is 19. The molecule has 4 N–H and O–H groups in total. The number of anilines is 2. The summed E-state index contributed by atoms with van der Waals surface area (Å²) in [6.45, 7) is 21.5. The molecule has 0 spiro atoms. The highest BCUT2D eigenvalue weighted by Crippen LogP contribution is 2.28. The van der Waals surface area contributed by atoms with Crippen molar-refractivity contribution < 1.29 is 29.3 Å². The summed E-state index contributed by atoms with van der Waals surface area (Å²) in [4.78, 5) is 59.0. The van der Waals surface area contributed by atoms with Crippen molar-refractivity contribution in [3.8, 4) is 56.4 Å². The van der Waals surface area contributed by atoms with Gasteiger partial charge in [0.15, 0.2) is 0 Å². The molecule has 0 aliphatic heterocycles. The van der Waals surface area contributed by atoms with E-state index in [0.717, 1.165) is 50.1 Å². The van der Waals surface area contributed by atoms with Crippen molar-refractivity contribution in [2.45, 2.75) is 106 Å². The third-order valence-electron chi connectivity index (χ3n) is 13.3. The molecule has 0 saturated carbocycles. The lowest BCUT2D eigenvalue weighted by Crippen LogP contribution is -2.16. The molecular weight excluding hydrogens is 1090 g/mol. The molecule has 0 radical (unpaired) electrons. The van der Waals surface area contributed by atoms with Crippen molar-refractivity contribution in [2.75, 3.05) is 31.0 Å². The van der Waals surface area contributed by atoms with Crippen molar-refractivity contribution in [1.29, 1.82) is 0 Å². The molecule has 10 aromatic heterocycles. The molecule has 0 saturated heterocycles. The first kappa shape index (κ1) is 60.9. The van der Waals surface area contributed by atoms with Gasteiger partial charge in [-0.15, -0.1) is 10.2 Å². The standard InChI is InChI=1S/2C22H25N9O2.C14H17N3O2/c2*1-13(2)30-11-16(10-24-30)17-8-19(23-9-14(17)3)22(33)26-20-7-5-6-18(25-20)21-27-28-29-31(21)15(4)12-32;1-9(2)17-8-11(7-16-17)12-5-13(14(18)19-4)15-6-10(12)3/h2*5-11,13,15,32H,12H2,1-4H3,(H,25,26,33);5-9H,1-4H3/t2*15-;/m11./s1. The van der Waals surface area contributed by atoms with Crippen molar-refractivity contribution in [3.05, 3.63) is 144 Å². The van der Waals surface area contributed by atoms with Crippen LogP contribution in [0.15, 0.2) is 110 Å². The van der Waals surface area contributed by atoms with Gasteiger partial charge in [-0.1, -0.05) is 12.1 Å². The fourth-order valence-corrected chi connectivity index (χ4v) is 8.34. The quantitative estimate of drug-likeness (QED) is 0.0627. The van der Waals surface area contributed by atoms with Gasteiger partial charge in [-0.3, -0.25) is 33.6 Å². The molecule has 10 rings (SSSR count). The summed E-state index contributed by atoms with van der Waals surface area (Å²) >= 11 is 0. The largest absolute Gasteiger partial charge is 0.464 e. The number of carbonyl (C=O) groups excluding carboxylic acids is 3. The molecule has 10 heterocycles. The molecule has 10 aromatic rings. The highest BCUT2D eigenvalue weighted by Gasteiger charge is 2.21. The van der Waals surface area contributed by atoms with Gasteiger partial charge in [-0.25, -0.2) is 29.1 Å². The monoisotopic (exact) mass is 1150 g/mol. The van der Waals surface area contributed by atoms with Crippen LogP contribution in [0.1, 0.15) is 134 Å². The van der Waals surface area contributed by atoms with Crippen LogP contribution < -0.4 is 10.6 Å². The molecule has 2 amide bonds. The number of pyridine rings is 5. The lowest BCUT2D eigenvalue weighted by molar-refractivity contribution is 0.0593. The second-order valence-corrected chi connectivity index (χ2v) is 20.7. The molecule has 2 atom stereocenters. The Morgan fingerprint density at radius 3 is 1.20 bits per heavy atom. The number of rotatable bonds is 17. The van der Waals surface area contributed by atoms with Crippen LogP contribution in [0.3, 0.4) is 0 Å². The number of aliphatic hydroxyl groups excluding tert-OH is 2. The topological polar surface area (TPSA) is 330 Å². The number of aryl methyl sites for hydroxylation is 3. The Kier molecular flexibility index (Phi) is 19.6. The molecule has 440 valence electrons. The van der Waals surface area contributed by atoms with Crippen LogP contribution in [0.25, 0.3) is 56.4 Å². The fraction of sp³-hybridized carbons (Fsp3) is 0.328. The van der Waals surface area contributed by atoms with Gasteiger partial charge in [0.2, 0.25) is 11.6 Å². The summed E-state index contributed by atoms with van der Waals surface area (Å²) in [5.74, 6) is 0.245. The van der Waals surface area contributed by atoms with Gasteiger partial charge < -0.3 is 25.6 Å². The number of aliphatic hydroxyl groups is 2. The number of hydrogen-bond acceptors (Lipinski definition) is 20. The van der Waals surface area contributed by atoms with Gasteiger partial charge in [0, 0.05) is 72.0 Å². The van der Waals surface area contributed by atoms with Crippen molar-refractivity contribution in [3.63, 3.8) is 0 Å². The van der Waals surface area contributed by atoms with Crippen LogP contribution in [0.2, 0.25) is 0 Å². The molecule has 0 aliphatic carbocycles. The van der Waals surface area contributed by atoms with E-state index in [1.807, 2.05) is 53.4 Å². The second-order valence-electron chi connectivity index (χ2n) is 20.7. The summed E-state index contributed by atoms with van der Waals surface area (Å²) in [6.07, 6.45) is 16.3. The number of hydrogen-bond donors (Lipinski definition) is 4. The van der Waals surface area contributed by atoms with E-state index in [9.17, 15) is 24.6 Å². The second kappa shape index (κ2) is 27.3. The smallest absolute Gasteiger partial charge is 0.356 e. The molecule has 0 unspecified atom stereocenters. The normalized spacial score (nSPS) is 11.9. The predicted octanol–water partition coefficient (Wildman–Crippen LogP) is 8.00.